The Balaban J connectivity index is 1.09. The number of hydrogen-bond acceptors (Lipinski definition) is 2. The van der Waals surface area contributed by atoms with Gasteiger partial charge in [-0.25, -0.2) is 0 Å². The molecule has 2 heteroatoms. The summed E-state index contributed by atoms with van der Waals surface area (Å²) in [5, 5.41) is 0. The van der Waals surface area contributed by atoms with E-state index in [1.807, 2.05) is 41.7 Å². The minimum absolute atomic E-state index is 0.360. The molecule has 0 nitrogen and oxygen atoms in total. The second-order valence-corrected chi connectivity index (χ2v) is 21.9. The van der Waals surface area contributed by atoms with Gasteiger partial charge in [-0.05, 0) is 158 Å². The van der Waals surface area contributed by atoms with Crippen molar-refractivity contribution in [1.29, 1.82) is 0 Å². The van der Waals surface area contributed by atoms with Gasteiger partial charge in [0, 0.05) is 53.2 Å². The summed E-state index contributed by atoms with van der Waals surface area (Å²) in [6.07, 6.45) is 20.5. The zero-order valence-corrected chi connectivity index (χ0v) is 45.6. The van der Waals surface area contributed by atoms with Gasteiger partial charge in [-0.1, -0.05) is 237 Å². The van der Waals surface area contributed by atoms with Crippen LogP contribution < -0.4 is 0 Å². The summed E-state index contributed by atoms with van der Waals surface area (Å²) < 4.78 is 0. The summed E-state index contributed by atoms with van der Waals surface area (Å²) in [6.45, 7) is 8.75. The molecule has 0 aromatic heterocycles. The molecule has 0 fully saturated rings. The minimum atomic E-state index is -0.728. The molecule has 8 aromatic carbocycles. The first-order chi connectivity index (χ1) is 37.4. The number of terminal acetylenes is 1. The second-order valence-electron chi connectivity index (χ2n) is 19.7. The van der Waals surface area contributed by atoms with E-state index in [0.29, 0.717) is 5.92 Å². The van der Waals surface area contributed by atoms with Crippen LogP contribution in [0.3, 0.4) is 0 Å². The lowest BCUT2D eigenvalue weighted by Crippen LogP contribution is -2.48. The molecule has 0 saturated carbocycles. The van der Waals surface area contributed by atoms with Gasteiger partial charge >= 0.3 is 0 Å². The molecule has 0 radical (unpaired) electrons. The van der Waals surface area contributed by atoms with E-state index in [2.05, 4.69) is 269 Å². The maximum absolute atomic E-state index is 5.91. The first kappa shape index (κ1) is 51.7. The molecular formula is C74H62S2. The Morgan fingerprint density at radius 2 is 0.987 bits per heavy atom. The van der Waals surface area contributed by atoms with Gasteiger partial charge < -0.3 is 0 Å². The number of rotatable bonds is 12. The largest absolute Gasteiger partial charge is 0.115 e. The molecule has 76 heavy (non-hydrogen) atoms. The van der Waals surface area contributed by atoms with E-state index in [4.69, 9.17) is 6.42 Å². The topological polar surface area (TPSA) is 0 Å². The summed E-state index contributed by atoms with van der Waals surface area (Å²) in [6, 6.07) is 70.8. The van der Waals surface area contributed by atoms with Gasteiger partial charge in [0.2, 0.25) is 0 Å². The van der Waals surface area contributed by atoms with E-state index in [0.717, 1.165) is 77.5 Å². The lowest BCUT2D eigenvalue weighted by Gasteiger charge is -2.52. The highest BCUT2D eigenvalue weighted by Gasteiger charge is 2.56. The van der Waals surface area contributed by atoms with Crippen LogP contribution in [0.1, 0.15) is 122 Å². The summed E-state index contributed by atoms with van der Waals surface area (Å²) in [7, 11) is 0. The van der Waals surface area contributed by atoms with Crippen LogP contribution in [-0.2, 0) is 10.8 Å². The highest BCUT2D eigenvalue weighted by atomic mass is 32.2. The van der Waals surface area contributed by atoms with Crippen molar-refractivity contribution in [2.75, 3.05) is 0 Å². The molecule has 0 amide bonds. The van der Waals surface area contributed by atoms with E-state index in [1.54, 1.807) is 0 Å². The lowest BCUT2D eigenvalue weighted by molar-refractivity contribution is 0.234. The van der Waals surface area contributed by atoms with E-state index in [-0.39, 0.29) is 0 Å². The number of benzene rings is 8. The first-order valence-electron chi connectivity index (χ1n) is 26.8. The van der Waals surface area contributed by atoms with Crippen LogP contribution in [0.2, 0.25) is 0 Å². The predicted octanol–water partition coefficient (Wildman–Crippen LogP) is 18.5. The monoisotopic (exact) mass is 1010 g/mol. The summed E-state index contributed by atoms with van der Waals surface area (Å²) in [5.41, 5.74) is 11.5. The van der Waals surface area contributed by atoms with Crippen molar-refractivity contribution in [2.45, 2.75) is 96.6 Å². The average Bonchev–Trinajstić information content (AvgIpc) is 3.56. The Hall–Kier alpha value is -7.82. The highest BCUT2D eigenvalue weighted by Crippen LogP contribution is 2.63. The molecule has 10 rings (SSSR count). The quantitative estimate of drug-likeness (QED) is 0.0884. The average molecular weight is 1020 g/mol. The van der Waals surface area contributed by atoms with Gasteiger partial charge in [-0.15, -0.1) is 6.42 Å². The van der Waals surface area contributed by atoms with E-state index in [9.17, 15) is 0 Å². The van der Waals surface area contributed by atoms with Crippen molar-refractivity contribution in [1.82, 2.24) is 0 Å². The van der Waals surface area contributed by atoms with Gasteiger partial charge in [0.1, 0.15) is 5.41 Å². The zero-order chi connectivity index (χ0) is 52.4. The Labute approximate surface area is 461 Å². The Morgan fingerprint density at radius 1 is 0.513 bits per heavy atom. The van der Waals surface area contributed by atoms with Gasteiger partial charge in [-0.3, -0.25) is 0 Å². The molecule has 2 unspecified atom stereocenters. The highest BCUT2D eigenvalue weighted by molar-refractivity contribution is 7.99. The fraction of sp³-hybridized carbons (Fsp3) is 0.189. The van der Waals surface area contributed by atoms with Crippen LogP contribution in [0.25, 0.3) is 11.1 Å². The fourth-order valence-electron chi connectivity index (χ4n) is 11.6. The van der Waals surface area contributed by atoms with Crippen LogP contribution >= 0.6 is 23.5 Å². The van der Waals surface area contributed by atoms with E-state index >= 15 is 0 Å². The smallest absolute Gasteiger partial charge is 0.109 e. The summed E-state index contributed by atoms with van der Waals surface area (Å²) in [5.74, 6) is 25.7. The third kappa shape index (κ3) is 9.94. The van der Waals surface area contributed by atoms with Crippen molar-refractivity contribution in [3.8, 4) is 59.0 Å². The van der Waals surface area contributed by atoms with E-state index in [1.165, 1.54) is 47.4 Å². The van der Waals surface area contributed by atoms with Gasteiger partial charge in [0.25, 0.3) is 0 Å². The molecule has 0 saturated heterocycles. The van der Waals surface area contributed by atoms with Crippen LogP contribution in [0, 0.1) is 59.2 Å². The van der Waals surface area contributed by atoms with Crippen molar-refractivity contribution < 1.29 is 0 Å². The van der Waals surface area contributed by atoms with Crippen molar-refractivity contribution in [3.05, 3.63) is 274 Å². The number of fused-ring (bicyclic) bond motifs is 4. The molecule has 0 bridgehead atoms. The molecule has 2 aliphatic rings. The molecule has 370 valence electrons. The molecule has 0 spiro atoms. The molecule has 0 N–H and O–H groups in total. The standard InChI is InChI=1S/C74H62S2/c1-6-11-13-25-55(8-3)38-39-57-27-24-29-59(54-57)49-52-73(64-30-14-18-34-68(64)75-69-35-19-15-31-65(69)73)62-44-40-60(41-45-62)61-42-46-63(47-43-61)74(66-32-16-20-36-70(66)76-71-37-21-17-33-67(71)74)72(10-5,50-22-12-7-2)51-48-58-28-23-26-56(9-4)53-58/h4,6-7,11-12,14-21,23-24,26-37,40-47,53-55H,8,10,13,22,25,50H2,1-3,5H3/b11-6-,12-7-. The maximum Gasteiger partial charge on any atom is 0.109 e. The lowest BCUT2D eigenvalue weighted by atomic mass is 9.51. The number of hydrogen-bond donors (Lipinski definition) is 0. The van der Waals surface area contributed by atoms with Gasteiger partial charge in [0.05, 0.1) is 5.41 Å². The molecule has 8 aromatic rings. The molecule has 2 heterocycles. The fourth-order valence-corrected chi connectivity index (χ4v) is 13.9. The van der Waals surface area contributed by atoms with Gasteiger partial charge in [-0.2, -0.15) is 0 Å². The SMILES string of the molecule is C#Cc1cccc(C#CC(CC)(CC/C=C\C)C2(c3ccc(-c4ccc(C5(C#Cc6cccc(C#CC(CC)CC/C=C\C)c6)c6ccccc6Sc6ccccc65)cc4)cc3)c3ccccc3Sc3ccccc32)c1. The Morgan fingerprint density at radius 3 is 1.53 bits per heavy atom. The summed E-state index contributed by atoms with van der Waals surface area (Å²) in [4.78, 5) is 4.96. The Kier molecular flexibility index (Phi) is 15.9. The van der Waals surface area contributed by atoms with Crippen molar-refractivity contribution in [2.24, 2.45) is 11.3 Å². The maximum atomic E-state index is 5.91. The van der Waals surface area contributed by atoms with Crippen molar-refractivity contribution >= 4 is 23.5 Å². The number of allylic oxidation sites excluding steroid dienone is 4. The van der Waals surface area contributed by atoms with Crippen molar-refractivity contribution in [3.63, 3.8) is 0 Å². The first-order valence-corrected chi connectivity index (χ1v) is 28.4. The van der Waals surface area contributed by atoms with Crippen LogP contribution in [0.15, 0.2) is 238 Å². The normalized spacial score (nSPS) is 14.6. The third-order valence-corrected chi connectivity index (χ3v) is 17.7. The summed E-state index contributed by atoms with van der Waals surface area (Å²) >= 11 is 3.69. The Bertz CT molecular complexity index is 3600. The van der Waals surface area contributed by atoms with E-state index < -0.39 is 16.2 Å². The minimum Gasteiger partial charge on any atom is -0.115 e. The predicted molar refractivity (Wildman–Crippen MR) is 322 cm³/mol. The molecule has 2 aliphatic heterocycles. The molecule has 2 atom stereocenters. The van der Waals surface area contributed by atoms with Crippen LogP contribution in [0.5, 0.6) is 0 Å². The molecular weight excluding hydrogens is 953 g/mol. The van der Waals surface area contributed by atoms with Crippen LogP contribution in [0.4, 0.5) is 0 Å². The van der Waals surface area contributed by atoms with Crippen LogP contribution in [-0.4, -0.2) is 0 Å². The molecule has 0 aliphatic carbocycles. The third-order valence-electron chi connectivity index (χ3n) is 15.4. The van der Waals surface area contributed by atoms with Gasteiger partial charge in [0.15, 0.2) is 0 Å². The zero-order valence-electron chi connectivity index (χ0n) is 44.0. The second kappa shape index (κ2) is 23.4.